The maximum absolute atomic E-state index is 12.8. The number of benzene rings is 2. The summed E-state index contributed by atoms with van der Waals surface area (Å²) in [5.41, 5.74) is 2.95. The molecule has 0 radical (unpaired) electrons. The van der Waals surface area contributed by atoms with Crippen LogP contribution in [0.3, 0.4) is 0 Å². The molecule has 130 valence electrons. The maximum atomic E-state index is 12.8. The summed E-state index contributed by atoms with van der Waals surface area (Å²) in [5, 5.41) is 18.3. The average molecular weight is 337 g/mol. The summed E-state index contributed by atoms with van der Waals surface area (Å²) >= 11 is 0. The third-order valence-electron chi connectivity index (χ3n) is 3.91. The lowest BCUT2D eigenvalue weighted by molar-refractivity contribution is 0.0710. The Balaban J connectivity index is 2.26. The molecule has 25 heavy (non-hydrogen) atoms. The Morgan fingerprint density at radius 3 is 2.36 bits per heavy atom. The van der Waals surface area contributed by atoms with Gasteiger partial charge in [0.1, 0.15) is 0 Å². The number of nitrogens with zero attached hydrogens (tertiary/aromatic N) is 3. The van der Waals surface area contributed by atoms with Crippen LogP contribution in [-0.4, -0.2) is 61.2 Å². The molecular weight excluding hydrogens is 314 g/mol. The maximum Gasteiger partial charge on any atom is 0.253 e. The monoisotopic (exact) mass is 337 g/mol. The molecule has 2 aromatic carbocycles. The SMILES string of the molecule is CN(C)CCN(CCO)C(=O)c1cccc(-c2cccc(C#N)c2)c1. The summed E-state index contributed by atoms with van der Waals surface area (Å²) in [5.74, 6) is -0.103. The fourth-order valence-electron chi connectivity index (χ4n) is 2.54. The third kappa shape index (κ3) is 5.15. The first-order valence-electron chi connectivity index (χ1n) is 8.20. The minimum Gasteiger partial charge on any atom is -0.395 e. The topological polar surface area (TPSA) is 67.6 Å². The molecule has 0 bridgehead atoms. The fourth-order valence-corrected chi connectivity index (χ4v) is 2.54. The van der Waals surface area contributed by atoms with Gasteiger partial charge < -0.3 is 14.9 Å². The van der Waals surface area contributed by atoms with Gasteiger partial charge in [0.15, 0.2) is 0 Å². The van der Waals surface area contributed by atoms with Crippen LogP contribution in [0.4, 0.5) is 0 Å². The third-order valence-corrected chi connectivity index (χ3v) is 3.91. The molecule has 0 spiro atoms. The Kier molecular flexibility index (Phi) is 6.70. The number of aliphatic hydroxyl groups excluding tert-OH is 1. The second-order valence-electron chi connectivity index (χ2n) is 6.09. The summed E-state index contributed by atoms with van der Waals surface area (Å²) in [4.78, 5) is 16.5. The number of hydrogen-bond donors (Lipinski definition) is 1. The number of carbonyl (C=O) groups is 1. The normalized spacial score (nSPS) is 10.5. The van der Waals surface area contributed by atoms with Crippen molar-refractivity contribution in [3.8, 4) is 17.2 Å². The van der Waals surface area contributed by atoms with Gasteiger partial charge in [-0.1, -0.05) is 24.3 Å². The summed E-state index contributed by atoms with van der Waals surface area (Å²) in [6.07, 6.45) is 0. The van der Waals surface area contributed by atoms with Crippen molar-refractivity contribution in [3.05, 3.63) is 59.7 Å². The molecule has 1 N–H and O–H groups in total. The van der Waals surface area contributed by atoms with Gasteiger partial charge in [-0.25, -0.2) is 0 Å². The highest BCUT2D eigenvalue weighted by Crippen LogP contribution is 2.22. The standard InChI is InChI=1S/C20H23N3O2/c1-22(2)9-10-23(11-12-24)20(25)19-8-4-7-18(14-19)17-6-3-5-16(13-17)15-21/h3-8,13-14,24H,9-12H2,1-2H3. The smallest absolute Gasteiger partial charge is 0.253 e. The molecule has 2 aromatic rings. The van der Waals surface area contributed by atoms with Crippen LogP contribution in [0.15, 0.2) is 48.5 Å². The summed E-state index contributed by atoms with van der Waals surface area (Å²) in [7, 11) is 3.90. The van der Waals surface area contributed by atoms with Crippen LogP contribution >= 0.6 is 0 Å². The molecule has 5 heteroatoms. The molecule has 0 saturated carbocycles. The van der Waals surface area contributed by atoms with Gasteiger partial charge in [0.05, 0.1) is 18.2 Å². The van der Waals surface area contributed by atoms with E-state index in [4.69, 9.17) is 5.26 Å². The molecule has 0 aromatic heterocycles. The molecular formula is C20H23N3O2. The van der Waals surface area contributed by atoms with Gasteiger partial charge in [-0.15, -0.1) is 0 Å². The quantitative estimate of drug-likeness (QED) is 0.841. The van der Waals surface area contributed by atoms with Crippen molar-refractivity contribution in [2.24, 2.45) is 0 Å². The molecule has 0 heterocycles. The first-order chi connectivity index (χ1) is 12.0. The molecule has 0 unspecified atom stereocenters. The van der Waals surface area contributed by atoms with Crippen LogP contribution in [0.5, 0.6) is 0 Å². The summed E-state index contributed by atoms with van der Waals surface area (Å²) < 4.78 is 0. The zero-order valence-corrected chi connectivity index (χ0v) is 14.6. The van der Waals surface area contributed by atoms with Crippen LogP contribution in [0.25, 0.3) is 11.1 Å². The zero-order chi connectivity index (χ0) is 18.2. The number of hydrogen-bond acceptors (Lipinski definition) is 4. The molecule has 0 aliphatic heterocycles. The molecule has 0 saturated heterocycles. The van der Waals surface area contributed by atoms with Crippen molar-refractivity contribution < 1.29 is 9.90 Å². The van der Waals surface area contributed by atoms with E-state index in [-0.39, 0.29) is 12.5 Å². The Labute approximate surface area is 148 Å². The van der Waals surface area contributed by atoms with Gasteiger partial charge >= 0.3 is 0 Å². The Bertz CT molecular complexity index is 766. The molecule has 0 atom stereocenters. The van der Waals surface area contributed by atoms with E-state index in [9.17, 15) is 9.90 Å². The van der Waals surface area contributed by atoms with E-state index in [2.05, 4.69) is 6.07 Å². The number of nitriles is 1. The van der Waals surface area contributed by atoms with Gasteiger partial charge in [0.2, 0.25) is 0 Å². The Hall–Kier alpha value is -2.68. The number of amides is 1. The fraction of sp³-hybridized carbons (Fsp3) is 0.300. The second-order valence-corrected chi connectivity index (χ2v) is 6.09. The van der Waals surface area contributed by atoms with Crippen molar-refractivity contribution >= 4 is 5.91 Å². The van der Waals surface area contributed by atoms with Crippen LogP contribution in [0.2, 0.25) is 0 Å². The van der Waals surface area contributed by atoms with Crippen LogP contribution in [-0.2, 0) is 0 Å². The van der Waals surface area contributed by atoms with E-state index >= 15 is 0 Å². The lowest BCUT2D eigenvalue weighted by Gasteiger charge is -2.24. The van der Waals surface area contributed by atoms with Gasteiger partial charge in [-0.3, -0.25) is 4.79 Å². The number of likely N-dealkylation sites (N-methyl/N-ethyl adjacent to an activating group) is 1. The van der Waals surface area contributed by atoms with E-state index < -0.39 is 0 Å². The number of carbonyl (C=O) groups excluding carboxylic acids is 1. The average Bonchev–Trinajstić information content (AvgIpc) is 2.64. The van der Waals surface area contributed by atoms with Crippen LogP contribution < -0.4 is 0 Å². The highest BCUT2D eigenvalue weighted by atomic mass is 16.3. The minimum atomic E-state index is -0.103. The van der Waals surface area contributed by atoms with E-state index in [0.29, 0.717) is 24.2 Å². The number of aliphatic hydroxyl groups is 1. The number of rotatable bonds is 7. The van der Waals surface area contributed by atoms with Gasteiger partial charge in [0, 0.05) is 25.2 Å². The van der Waals surface area contributed by atoms with E-state index in [1.54, 1.807) is 23.1 Å². The van der Waals surface area contributed by atoms with Crippen molar-refractivity contribution in [1.29, 1.82) is 5.26 Å². The van der Waals surface area contributed by atoms with Gasteiger partial charge in [0.25, 0.3) is 5.91 Å². The predicted molar refractivity (Wildman–Crippen MR) is 98.1 cm³/mol. The van der Waals surface area contributed by atoms with Crippen molar-refractivity contribution in [2.75, 3.05) is 40.3 Å². The lowest BCUT2D eigenvalue weighted by Crippen LogP contribution is -2.38. The van der Waals surface area contributed by atoms with Crippen molar-refractivity contribution in [1.82, 2.24) is 9.80 Å². The highest BCUT2D eigenvalue weighted by molar-refractivity contribution is 5.95. The molecule has 1 amide bonds. The molecule has 5 nitrogen and oxygen atoms in total. The highest BCUT2D eigenvalue weighted by Gasteiger charge is 2.16. The zero-order valence-electron chi connectivity index (χ0n) is 14.6. The van der Waals surface area contributed by atoms with Crippen molar-refractivity contribution in [3.63, 3.8) is 0 Å². The van der Waals surface area contributed by atoms with Crippen molar-refractivity contribution in [2.45, 2.75) is 0 Å². The second kappa shape index (κ2) is 8.97. The molecule has 0 aliphatic rings. The van der Waals surface area contributed by atoms with Crippen LogP contribution in [0, 0.1) is 11.3 Å². The first kappa shape index (κ1) is 18.7. The Morgan fingerprint density at radius 1 is 1.04 bits per heavy atom. The molecule has 2 rings (SSSR count). The van der Waals surface area contributed by atoms with E-state index in [1.165, 1.54) is 0 Å². The summed E-state index contributed by atoms with van der Waals surface area (Å²) in [6, 6.07) is 16.8. The predicted octanol–water partition coefficient (Wildman–Crippen LogP) is 2.22. The molecule has 0 aliphatic carbocycles. The van der Waals surface area contributed by atoms with Gasteiger partial charge in [-0.05, 0) is 49.5 Å². The largest absolute Gasteiger partial charge is 0.395 e. The first-order valence-corrected chi connectivity index (χ1v) is 8.20. The van der Waals surface area contributed by atoms with E-state index in [0.717, 1.165) is 17.7 Å². The molecule has 0 fully saturated rings. The lowest BCUT2D eigenvalue weighted by atomic mass is 10.0. The summed E-state index contributed by atoms with van der Waals surface area (Å²) in [6.45, 7) is 1.53. The Morgan fingerprint density at radius 2 is 1.72 bits per heavy atom. The van der Waals surface area contributed by atoms with Crippen LogP contribution in [0.1, 0.15) is 15.9 Å². The minimum absolute atomic E-state index is 0.0664. The van der Waals surface area contributed by atoms with E-state index in [1.807, 2.05) is 49.3 Å². The van der Waals surface area contributed by atoms with Gasteiger partial charge in [-0.2, -0.15) is 5.26 Å².